The van der Waals surface area contributed by atoms with Gasteiger partial charge in [-0.3, -0.25) is 0 Å². The van der Waals surface area contributed by atoms with Crippen LogP contribution >= 0.6 is 46.1 Å². The van der Waals surface area contributed by atoms with Crippen molar-refractivity contribution in [3.05, 3.63) is 202 Å². The standard InChI is InChI=1S/C64H61IN2S2/c1-4-7-16-45-23-29-50(30-24-45)57-41-54(48-19-12-10-13-20-48)42-58(51-31-25-46(26-32-51)17-8-5-2)61(57)66-63-64(69-40-39-68-63)67-62-59(52-33-27-47(28-34-52)18-9-6-3)43-55(49-21-14-11-15-22-49)44-60(62)53-35-37-56(65)38-36-53/h10-15,19-38,41-44H,4-9,16-18,39-40H2,1-3H3. The summed E-state index contributed by atoms with van der Waals surface area (Å²) < 4.78 is 1.20. The molecule has 346 valence electrons. The molecule has 0 amide bonds. The molecule has 0 radical (unpaired) electrons. The van der Waals surface area contributed by atoms with Crippen LogP contribution in [0, 0.1) is 3.57 Å². The van der Waals surface area contributed by atoms with Gasteiger partial charge in [-0.05, 0) is 159 Å². The zero-order chi connectivity index (χ0) is 47.4. The minimum absolute atomic E-state index is 0.954. The van der Waals surface area contributed by atoms with Gasteiger partial charge in [-0.2, -0.15) is 0 Å². The van der Waals surface area contributed by atoms with Crippen molar-refractivity contribution in [2.45, 2.75) is 78.6 Å². The van der Waals surface area contributed by atoms with Gasteiger partial charge in [-0.1, -0.05) is 186 Å². The number of hydrogen-bond acceptors (Lipinski definition) is 4. The molecule has 8 aromatic rings. The molecular weight excluding hydrogens is 988 g/mol. The average Bonchev–Trinajstić information content (AvgIpc) is 3.41. The quantitative estimate of drug-likeness (QED) is 0.0849. The van der Waals surface area contributed by atoms with Crippen molar-refractivity contribution in [1.29, 1.82) is 0 Å². The van der Waals surface area contributed by atoms with Gasteiger partial charge in [0.05, 0.1) is 11.4 Å². The summed E-state index contributed by atoms with van der Waals surface area (Å²) in [4.78, 5) is 11.7. The summed E-state index contributed by atoms with van der Waals surface area (Å²) >= 11 is 6.07. The van der Waals surface area contributed by atoms with Crippen LogP contribution < -0.4 is 0 Å². The fourth-order valence-electron chi connectivity index (χ4n) is 9.07. The van der Waals surface area contributed by atoms with Crippen LogP contribution in [0.3, 0.4) is 0 Å². The smallest absolute Gasteiger partial charge is 0.129 e. The molecule has 8 aromatic carbocycles. The van der Waals surface area contributed by atoms with E-state index in [-0.39, 0.29) is 0 Å². The molecule has 1 heterocycles. The van der Waals surface area contributed by atoms with Crippen LogP contribution in [-0.2, 0) is 19.3 Å². The van der Waals surface area contributed by atoms with E-state index in [1.54, 1.807) is 0 Å². The highest BCUT2D eigenvalue weighted by Gasteiger charge is 2.24. The molecule has 0 bridgehead atoms. The molecule has 2 nitrogen and oxygen atoms in total. The van der Waals surface area contributed by atoms with Crippen molar-refractivity contribution in [2.24, 2.45) is 9.98 Å². The van der Waals surface area contributed by atoms with Crippen LogP contribution in [0.1, 0.15) is 76.0 Å². The molecular formula is C64H61IN2S2. The predicted octanol–water partition coefficient (Wildman–Crippen LogP) is 19.6. The summed E-state index contributed by atoms with van der Waals surface area (Å²) in [6, 6.07) is 67.7. The second kappa shape index (κ2) is 23.9. The number of rotatable bonds is 17. The van der Waals surface area contributed by atoms with Crippen molar-refractivity contribution < 1.29 is 0 Å². The largest absolute Gasteiger partial charge is 0.238 e. The SMILES string of the molecule is CCCCc1ccc(-c2cc(-c3ccccc3)cc(-c3ccc(I)cc3)c2N=C2SCCSC2=Nc2c(-c3ccc(CCCC)cc3)cc(-c3ccccc3)cc2-c2ccc(CCCC)cc2)cc1. The van der Waals surface area contributed by atoms with Crippen molar-refractivity contribution in [3.63, 3.8) is 0 Å². The van der Waals surface area contributed by atoms with E-state index in [0.717, 1.165) is 85.6 Å². The lowest BCUT2D eigenvalue weighted by Crippen LogP contribution is -2.14. The van der Waals surface area contributed by atoms with Gasteiger partial charge < -0.3 is 0 Å². The van der Waals surface area contributed by atoms with Gasteiger partial charge >= 0.3 is 0 Å². The maximum absolute atomic E-state index is 5.88. The van der Waals surface area contributed by atoms with Gasteiger partial charge in [0.1, 0.15) is 10.1 Å². The lowest BCUT2D eigenvalue weighted by atomic mass is 9.90. The molecule has 5 heteroatoms. The maximum atomic E-state index is 5.88. The Morgan fingerprint density at radius 1 is 0.362 bits per heavy atom. The fraction of sp³-hybridized carbons (Fsp3) is 0.219. The number of hydrogen-bond donors (Lipinski definition) is 0. The first-order chi connectivity index (χ1) is 34.0. The molecule has 1 saturated heterocycles. The van der Waals surface area contributed by atoms with Gasteiger partial charge in [0.15, 0.2) is 0 Å². The summed E-state index contributed by atoms with van der Waals surface area (Å²) in [6.07, 6.45) is 10.3. The minimum Gasteiger partial charge on any atom is -0.238 e. The van der Waals surface area contributed by atoms with E-state index in [2.05, 4.69) is 225 Å². The van der Waals surface area contributed by atoms with E-state index < -0.39 is 0 Å². The van der Waals surface area contributed by atoms with Crippen LogP contribution in [0.25, 0.3) is 66.8 Å². The van der Waals surface area contributed by atoms with Crippen LogP contribution in [0.15, 0.2) is 192 Å². The van der Waals surface area contributed by atoms with Gasteiger partial charge in [-0.25, -0.2) is 9.98 Å². The Bertz CT molecular complexity index is 2940. The molecule has 0 saturated carbocycles. The first-order valence-electron chi connectivity index (χ1n) is 24.9. The van der Waals surface area contributed by atoms with Gasteiger partial charge in [0.25, 0.3) is 0 Å². The van der Waals surface area contributed by atoms with E-state index in [1.807, 2.05) is 23.5 Å². The van der Waals surface area contributed by atoms with E-state index >= 15 is 0 Å². The number of aliphatic imine (C=N–C) groups is 2. The fourth-order valence-corrected chi connectivity index (χ4v) is 11.5. The molecule has 69 heavy (non-hydrogen) atoms. The Morgan fingerprint density at radius 3 is 0.971 bits per heavy atom. The molecule has 0 N–H and O–H groups in total. The van der Waals surface area contributed by atoms with Gasteiger partial charge in [0.2, 0.25) is 0 Å². The van der Waals surface area contributed by atoms with E-state index in [0.29, 0.717) is 0 Å². The zero-order valence-electron chi connectivity index (χ0n) is 40.2. The van der Waals surface area contributed by atoms with Crippen LogP contribution in [0.2, 0.25) is 0 Å². The lowest BCUT2D eigenvalue weighted by Gasteiger charge is -2.21. The first kappa shape index (κ1) is 48.5. The maximum Gasteiger partial charge on any atom is 0.129 e. The summed E-state index contributed by atoms with van der Waals surface area (Å²) in [7, 11) is 0. The molecule has 1 aliphatic heterocycles. The summed E-state index contributed by atoms with van der Waals surface area (Å²) in [6.45, 7) is 6.79. The summed E-state index contributed by atoms with van der Waals surface area (Å²) in [5.74, 6) is 1.91. The third kappa shape index (κ3) is 12.1. The Hall–Kier alpha value is -5.47. The molecule has 1 fully saturated rings. The van der Waals surface area contributed by atoms with Gasteiger partial charge in [-0.15, -0.1) is 23.5 Å². The number of halogens is 1. The molecule has 0 spiro atoms. The van der Waals surface area contributed by atoms with Crippen molar-refractivity contribution in [1.82, 2.24) is 0 Å². The third-order valence-electron chi connectivity index (χ3n) is 13.0. The Morgan fingerprint density at radius 2 is 0.667 bits per heavy atom. The third-order valence-corrected chi connectivity index (χ3v) is 16.1. The number of thioether (sulfide) groups is 2. The number of nitrogens with zero attached hydrogens (tertiary/aromatic N) is 2. The molecule has 0 aliphatic carbocycles. The van der Waals surface area contributed by atoms with Crippen molar-refractivity contribution in [2.75, 3.05) is 11.5 Å². The predicted molar refractivity (Wildman–Crippen MR) is 313 cm³/mol. The highest BCUT2D eigenvalue weighted by molar-refractivity contribution is 14.1. The number of unbranched alkanes of at least 4 members (excludes halogenated alkanes) is 3. The van der Waals surface area contributed by atoms with Crippen LogP contribution in [-0.4, -0.2) is 21.6 Å². The van der Waals surface area contributed by atoms with Crippen molar-refractivity contribution in [3.8, 4) is 66.8 Å². The molecule has 0 aromatic heterocycles. The normalized spacial score (nSPS) is 13.9. The highest BCUT2D eigenvalue weighted by Crippen LogP contribution is 2.47. The Kier molecular flexibility index (Phi) is 16.8. The Labute approximate surface area is 433 Å². The zero-order valence-corrected chi connectivity index (χ0v) is 44.0. The molecule has 0 atom stereocenters. The molecule has 9 rings (SSSR count). The van der Waals surface area contributed by atoms with Gasteiger partial charge in [0, 0.05) is 37.3 Å². The van der Waals surface area contributed by atoms with Crippen molar-refractivity contribution >= 4 is 67.6 Å². The summed E-state index contributed by atoms with van der Waals surface area (Å²) in [5.41, 5.74) is 19.9. The lowest BCUT2D eigenvalue weighted by molar-refractivity contribution is 0.795. The monoisotopic (exact) mass is 1050 g/mol. The van der Waals surface area contributed by atoms with Crippen LogP contribution in [0.4, 0.5) is 11.4 Å². The topological polar surface area (TPSA) is 24.7 Å². The number of benzene rings is 8. The van der Waals surface area contributed by atoms with E-state index in [1.165, 1.54) is 92.2 Å². The minimum atomic E-state index is 0.954. The van der Waals surface area contributed by atoms with E-state index in [4.69, 9.17) is 9.98 Å². The second-order valence-electron chi connectivity index (χ2n) is 18.0. The average molecular weight is 1050 g/mol. The second-order valence-corrected chi connectivity index (χ2v) is 21.4. The summed E-state index contributed by atoms with van der Waals surface area (Å²) in [5, 5.41) is 1.92. The highest BCUT2D eigenvalue weighted by atomic mass is 127. The van der Waals surface area contributed by atoms with E-state index in [9.17, 15) is 0 Å². The molecule has 1 aliphatic rings. The van der Waals surface area contributed by atoms with Crippen LogP contribution in [0.5, 0.6) is 0 Å². The molecule has 0 unspecified atom stereocenters. The first-order valence-corrected chi connectivity index (χ1v) is 28.0. The Balaban J connectivity index is 1.28. The number of aryl methyl sites for hydroxylation is 3.